The molecule has 1 aromatic rings. The van der Waals surface area contributed by atoms with Gasteiger partial charge in [-0.2, -0.15) is 5.10 Å². The molecule has 19 heavy (non-hydrogen) atoms. The summed E-state index contributed by atoms with van der Waals surface area (Å²) >= 11 is 3.25. The molecule has 1 aromatic heterocycles. The van der Waals surface area contributed by atoms with Crippen LogP contribution in [0.1, 0.15) is 20.8 Å². The molecule has 0 aliphatic rings. The summed E-state index contributed by atoms with van der Waals surface area (Å²) in [6, 6.07) is 0. The molecule has 1 rings (SSSR count). The SMILES string of the molecule is CCOC(C)(C)CNc1cnn(CCO)c(=O)c1Br. The number of hydrogen-bond donors (Lipinski definition) is 2. The molecule has 0 radical (unpaired) electrons. The van der Waals surface area contributed by atoms with Crippen molar-refractivity contribution in [3.8, 4) is 0 Å². The van der Waals surface area contributed by atoms with Gasteiger partial charge in [-0.1, -0.05) is 0 Å². The summed E-state index contributed by atoms with van der Waals surface area (Å²) in [7, 11) is 0. The fourth-order valence-corrected chi connectivity index (χ4v) is 2.04. The molecule has 0 fully saturated rings. The van der Waals surface area contributed by atoms with E-state index in [-0.39, 0.29) is 24.3 Å². The maximum absolute atomic E-state index is 11.9. The molecule has 0 saturated carbocycles. The lowest BCUT2D eigenvalue weighted by molar-refractivity contribution is 0.000681. The monoisotopic (exact) mass is 333 g/mol. The zero-order valence-electron chi connectivity index (χ0n) is 11.4. The maximum atomic E-state index is 11.9. The van der Waals surface area contributed by atoms with Gasteiger partial charge in [-0.05, 0) is 36.7 Å². The number of aliphatic hydroxyl groups is 1. The van der Waals surface area contributed by atoms with Crippen LogP contribution in [0.5, 0.6) is 0 Å². The Labute approximate surface area is 120 Å². The number of anilines is 1. The zero-order chi connectivity index (χ0) is 14.5. The van der Waals surface area contributed by atoms with E-state index in [4.69, 9.17) is 9.84 Å². The fraction of sp³-hybridized carbons (Fsp3) is 0.667. The van der Waals surface area contributed by atoms with Crippen LogP contribution in [0.3, 0.4) is 0 Å². The third-order valence-electron chi connectivity index (χ3n) is 2.54. The Morgan fingerprint density at radius 2 is 2.26 bits per heavy atom. The van der Waals surface area contributed by atoms with Gasteiger partial charge in [-0.3, -0.25) is 4.79 Å². The van der Waals surface area contributed by atoms with E-state index in [0.717, 1.165) is 0 Å². The van der Waals surface area contributed by atoms with Crippen LogP contribution in [0.15, 0.2) is 15.5 Å². The minimum absolute atomic E-state index is 0.122. The minimum atomic E-state index is -0.325. The van der Waals surface area contributed by atoms with Crippen LogP contribution in [0.25, 0.3) is 0 Å². The van der Waals surface area contributed by atoms with E-state index in [0.29, 0.717) is 23.3 Å². The lowest BCUT2D eigenvalue weighted by Crippen LogP contribution is -2.34. The Hall–Kier alpha value is -0.920. The molecular formula is C12H20BrN3O3. The highest BCUT2D eigenvalue weighted by Gasteiger charge is 2.18. The number of aliphatic hydroxyl groups excluding tert-OH is 1. The van der Waals surface area contributed by atoms with E-state index < -0.39 is 0 Å². The van der Waals surface area contributed by atoms with Gasteiger partial charge in [0, 0.05) is 13.2 Å². The Kier molecular flexibility index (Phi) is 5.96. The van der Waals surface area contributed by atoms with Gasteiger partial charge in [-0.25, -0.2) is 4.68 Å². The topological polar surface area (TPSA) is 76.4 Å². The van der Waals surface area contributed by atoms with Crippen molar-refractivity contribution >= 4 is 21.6 Å². The number of hydrogen-bond acceptors (Lipinski definition) is 5. The molecule has 7 heteroatoms. The van der Waals surface area contributed by atoms with Crippen molar-refractivity contribution in [2.24, 2.45) is 0 Å². The largest absolute Gasteiger partial charge is 0.394 e. The molecule has 0 aromatic carbocycles. The van der Waals surface area contributed by atoms with Gasteiger partial charge in [0.25, 0.3) is 5.56 Å². The first-order valence-corrected chi connectivity index (χ1v) is 6.95. The van der Waals surface area contributed by atoms with Crippen molar-refractivity contribution in [3.63, 3.8) is 0 Å². The number of aromatic nitrogens is 2. The highest BCUT2D eigenvalue weighted by Crippen LogP contribution is 2.18. The van der Waals surface area contributed by atoms with E-state index >= 15 is 0 Å². The Morgan fingerprint density at radius 3 is 2.84 bits per heavy atom. The first kappa shape index (κ1) is 16.1. The molecule has 0 saturated heterocycles. The van der Waals surface area contributed by atoms with Crippen LogP contribution < -0.4 is 10.9 Å². The van der Waals surface area contributed by atoms with E-state index in [2.05, 4.69) is 26.3 Å². The van der Waals surface area contributed by atoms with Crippen LogP contribution in [0.4, 0.5) is 5.69 Å². The minimum Gasteiger partial charge on any atom is -0.394 e. The molecule has 1 heterocycles. The average Bonchev–Trinajstić information content (AvgIpc) is 2.34. The molecular weight excluding hydrogens is 314 g/mol. The van der Waals surface area contributed by atoms with Crippen molar-refractivity contribution < 1.29 is 9.84 Å². The zero-order valence-corrected chi connectivity index (χ0v) is 13.0. The smallest absolute Gasteiger partial charge is 0.283 e. The van der Waals surface area contributed by atoms with Crippen LogP contribution in [-0.4, -0.2) is 40.2 Å². The van der Waals surface area contributed by atoms with Gasteiger partial charge in [0.05, 0.1) is 30.6 Å². The van der Waals surface area contributed by atoms with Gasteiger partial charge in [0.1, 0.15) is 4.47 Å². The van der Waals surface area contributed by atoms with Crippen LogP contribution in [0, 0.1) is 0 Å². The first-order chi connectivity index (χ1) is 8.91. The van der Waals surface area contributed by atoms with E-state index in [1.54, 1.807) is 6.20 Å². The molecule has 0 amide bonds. The number of halogens is 1. The molecule has 0 aliphatic carbocycles. The number of nitrogens with one attached hydrogen (secondary N) is 1. The summed E-state index contributed by atoms with van der Waals surface area (Å²) in [6.45, 7) is 7.13. The van der Waals surface area contributed by atoms with Gasteiger partial charge in [0.15, 0.2) is 0 Å². The number of nitrogens with zero attached hydrogens (tertiary/aromatic N) is 2. The van der Waals surface area contributed by atoms with Crippen LogP contribution in [-0.2, 0) is 11.3 Å². The summed E-state index contributed by atoms with van der Waals surface area (Å²) in [5, 5.41) is 16.0. The number of rotatable bonds is 7. The van der Waals surface area contributed by atoms with Crippen molar-refractivity contribution in [1.29, 1.82) is 0 Å². The molecule has 6 nitrogen and oxygen atoms in total. The predicted molar refractivity (Wildman–Crippen MR) is 77.5 cm³/mol. The van der Waals surface area contributed by atoms with Gasteiger partial charge >= 0.3 is 0 Å². The summed E-state index contributed by atoms with van der Waals surface area (Å²) in [4.78, 5) is 11.9. The second-order valence-corrected chi connectivity index (χ2v) is 5.46. The average molecular weight is 334 g/mol. The van der Waals surface area contributed by atoms with Crippen LogP contribution >= 0.6 is 15.9 Å². The van der Waals surface area contributed by atoms with E-state index in [1.807, 2.05) is 20.8 Å². The van der Waals surface area contributed by atoms with Crippen molar-refractivity contribution in [1.82, 2.24) is 9.78 Å². The normalized spacial score (nSPS) is 11.6. The highest BCUT2D eigenvalue weighted by molar-refractivity contribution is 9.10. The predicted octanol–water partition coefficient (Wildman–Crippen LogP) is 1.23. The summed E-state index contributed by atoms with van der Waals surface area (Å²) < 4.78 is 7.19. The third kappa shape index (κ3) is 4.59. The molecule has 108 valence electrons. The maximum Gasteiger partial charge on any atom is 0.283 e. The van der Waals surface area contributed by atoms with Crippen molar-refractivity contribution in [2.75, 3.05) is 25.1 Å². The summed E-state index contributed by atoms with van der Waals surface area (Å²) in [5.74, 6) is 0. The van der Waals surface area contributed by atoms with Crippen LogP contribution in [0.2, 0.25) is 0 Å². The molecule has 0 bridgehead atoms. The lowest BCUT2D eigenvalue weighted by atomic mass is 10.1. The third-order valence-corrected chi connectivity index (χ3v) is 3.30. The quantitative estimate of drug-likeness (QED) is 0.784. The summed E-state index contributed by atoms with van der Waals surface area (Å²) in [6.07, 6.45) is 1.56. The first-order valence-electron chi connectivity index (χ1n) is 6.15. The fourth-order valence-electron chi connectivity index (χ4n) is 1.59. The molecule has 0 atom stereocenters. The van der Waals surface area contributed by atoms with Gasteiger partial charge in [-0.15, -0.1) is 0 Å². The number of ether oxygens (including phenoxy) is 1. The van der Waals surface area contributed by atoms with E-state index in [9.17, 15) is 4.79 Å². The Bertz CT molecular complexity index is 474. The Morgan fingerprint density at radius 1 is 1.58 bits per heavy atom. The lowest BCUT2D eigenvalue weighted by Gasteiger charge is -2.25. The van der Waals surface area contributed by atoms with Gasteiger partial charge < -0.3 is 15.2 Å². The standard InChI is InChI=1S/C12H20BrN3O3/c1-4-19-12(2,3)8-14-9-7-15-16(5-6-17)11(18)10(9)13/h7,14,17H,4-6,8H2,1-3H3. The second kappa shape index (κ2) is 7.02. The molecule has 0 spiro atoms. The van der Waals surface area contributed by atoms with Gasteiger partial charge in [0.2, 0.25) is 0 Å². The van der Waals surface area contributed by atoms with E-state index in [1.165, 1.54) is 4.68 Å². The summed E-state index contributed by atoms with van der Waals surface area (Å²) in [5.41, 5.74) is 0.0222. The molecule has 2 N–H and O–H groups in total. The Balaban J connectivity index is 2.81. The second-order valence-electron chi connectivity index (χ2n) is 4.67. The molecule has 0 unspecified atom stereocenters. The van der Waals surface area contributed by atoms with Crippen molar-refractivity contribution in [3.05, 3.63) is 21.0 Å². The highest BCUT2D eigenvalue weighted by atomic mass is 79.9. The van der Waals surface area contributed by atoms with Crippen molar-refractivity contribution in [2.45, 2.75) is 32.9 Å². The molecule has 0 aliphatic heterocycles.